The number of ether oxygens (including phenoxy) is 1. The second kappa shape index (κ2) is 8.27. The third kappa shape index (κ3) is 4.06. The number of benzene rings is 2. The van der Waals surface area contributed by atoms with E-state index in [1.807, 2.05) is 0 Å². The molecule has 1 aliphatic rings. The summed E-state index contributed by atoms with van der Waals surface area (Å²) in [4.78, 5) is 36.7. The van der Waals surface area contributed by atoms with E-state index in [4.69, 9.17) is 4.74 Å². The lowest BCUT2D eigenvalue weighted by atomic mass is 10.1. The number of anilines is 1. The van der Waals surface area contributed by atoms with E-state index < -0.39 is 27.9 Å². The summed E-state index contributed by atoms with van der Waals surface area (Å²) in [6, 6.07) is 9.40. The standard InChI is InChI=1S/C21H22N2O6S/c1-13-11-17(7-9-19(13)29-3)30(27,28)23-18(8-10-20(23)25)21(26)22-16-6-4-5-15(12-16)14(2)24/h4-7,9,11-12,18H,8,10H2,1-3H3,(H,22,26)/t18-/m0/s1. The molecule has 1 heterocycles. The zero-order chi connectivity index (χ0) is 22.1. The van der Waals surface area contributed by atoms with Gasteiger partial charge in [-0.1, -0.05) is 12.1 Å². The van der Waals surface area contributed by atoms with E-state index in [2.05, 4.69) is 5.32 Å². The van der Waals surface area contributed by atoms with Gasteiger partial charge < -0.3 is 10.1 Å². The lowest BCUT2D eigenvalue weighted by molar-refractivity contribution is -0.128. The van der Waals surface area contributed by atoms with E-state index in [0.29, 0.717) is 26.9 Å². The van der Waals surface area contributed by atoms with Crippen molar-refractivity contribution in [2.45, 2.75) is 37.6 Å². The van der Waals surface area contributed by atoms with Gasteiger partial charge in [0.15, 0.2) is 5.78 Å². The minimum atomic E-state index is -4.23. The fourth-order valence-electron chi connectivity index (χ4n) is 3.37. The van der Waals surface area contributed by atoms with Crippen LogP contribution < -0.4 is 10.1 Å². The number of methoxy groups -OCH3 is 1. The molecule has 1 fully saturated rings. The summed E-state index contributed by atoms with van der Waals surface area (Å²) in [5, 5.41) is 2.61. The molecular formula is C21H22N2O6S. The van der Waals surface area contributed by atoms with Crippen molar-refractivity contribution in [2.75, 3.05) is 12.4 Å². The molecule has 1 atom stereocenters. The van der Waals surface area contributed by atoms with Gasteiger partial charge in [-0.15, -0.1) is 0 Å². The number of nitrogens with zero attached hydrogens (tertiary/aromatic N) is 1. The van der Waals surface area contributed by atoms with Crippen molar-refractivity contribution in [3.8, 4) is 5.75 Å². The van der Waals surface area contributed by atoms with Crippen molar-refractivity contribution in [3.63, 3.8) is 0 Å². The van der Waals surface area contributed by atoms with E-state index in [9.17, 15) is 22.8 Å². The van der Waals surface area contributed by atoms with Gasteiger partial charge in [0.25, 0.3) is 10.0 Å². The molecular weight excluding hydrogens is 408 g/mol. The molecule has 0 bridgehead atoms. The number of carbonyl (C=O) groups excluding carboxylic acids is 3. The molecule has 0 saturated carbocycles. The molecule has 1 N–H and O–H groups in total. The number of hydrogen-bond acceptors (Lipinski definition) is 6. The third-order valence-electron chi connectivity index (χ3n) is 4.92. The molecule has 1 aliphatic heterocycles. The monoisotopic (exact) mass is 430 g/mol. The average molecular weight is 430 g/mol. The van der Waals surface area contributed by atoms with Crippen molar-refractivity contribution < 1.29 is 27.5 Å². The maximum atomic E-state index is 13.1. The maximum absolute atomic E-state index is 13.1. The molecule has 2 aromatic rings. The predicted molar refractivity (Wildman–Crippen MR) is 110 cm³/mol. The van der Waals surface area contributed by atoms with Gasteiger partial charge in [-0.25, -0.2) is 12.7 Å². The number of aryl methyl sites for hydroxylation is 1. The highest BCUT2D eigenvalue weighted by atomic mass is 32.2. The van der Waals surface area contributed by atoms with Crippen LogP contribution in [-0.2, 0) is 19.6 Å². The van der Waals surface area contributed by atoms with Gasteiger partial charge in [0.05, 0.1) is 12.0 Å². The van der Waals surface area contributed by atoms with Crippen LogP contribution in [0.2, 0.25) is 0 Å². The Kier molecular flexibility index (Phi) is 5.93. The number of amides is 2. The second-order valence-electron chi connectivity index (χ2n) is 7.01. The summed E-state index contributed by atoms with van der Waals surface area (Å²) in [5.74, 6) is -0.918. The lowest BCUT2D eigenvalue weighted by Crippen LogP contribution is -2.45. The van der Waals surface area contributed by atoms with Crippen molar-refractivity contribution >= 4 is 33.3 Å². The van der Waals surface area contributed by atoms with Crippen LogP contribution in [0.1, 0.15) is 35.7 Å². The van der Waals surface area contributed by atoms with E-state index in [0.717, 1.165) is 0 Å². The van der Waals surface area contributed by atoms with Crippen LogP contribution >= 0.6 is 0 Å². The number of nitrogens with one attached hydrogen (secondary N) is 1. The van der Waals surface area contributed by atoms with E-state index in [-0.39, 0.29) is 23.5 Å². The van der Waals surface area contributed by atoms with Crippen LogP contribution in [0.25, 0.3) is 0 Å². The summed E-state index contributed by atoms with van der Waals surface area (Å²) in [6.45, 7) is 3.09. The molecule has 158 valence electrons. The highest BCUT2D eigenvalue weighted by Crippen LogP contribution is 2.30. The Balaban J connectivity index is 1.89. The van der Waals surface area contributed by atoms with Crippen molar-refractivity contribution in [1.29, 1.82) is 0 Å². The topological polar surface area (TPSA) is 110 Å². The number of rotatable bonds is 6. The number of sulfonamides is 1. The van der Waals surface area contributed by atoms with Crippen molar-refractivity contribution in [2.24, 2.45) is 0 Å². The largest absolute Gasteiger partial charge is 0.496 e. The minimum Gasteiger partial charge on any atom is -0.496 e. The first kappa shape index (κ1) is 21.5. The SMILES string of the molecule is COc1ccc(S(=O)(=O)N2C(=O)CC[C@H]2C(=O)Nc2cccc(C(C)=O)c2)cc1C. The third-order valence-corrected chi connectivity index (χ3v) is 6.75. The van der Waals surface area contributed by atoms with Crippen molar-refractivity contribution in [3.05, 3.63) is 53.6 Å². The van der Waals surface area contributed by atoms with E-state index in [1.165, 1.54) is 38.3 Å². The maximum Gasteiger partial charge on any atom is 0.267 e. The highest BCUT2D eigenvalue weighted by molar-refractivity contribution is 7.89. The van der Waals surface area contributed by atoms with E-state index >= 15 is 0 Å². The first-order valence-electron chi connectivity index (χ1n) is 9.29. The van der Waals surface area contributed by atoms with Gasteiger partial charge in [-0.05, 0) is 56.2 Å². The summed E-state index contributed by atoms with van der Waals surface area (Å²) in [5.41, 5.74) is 1.35. The molecule has 0 aromatic heterocycles. The second-order valence-corrected chi connectivity index (χ2v) is 8.82. The molecule has 2 aromatic carbocycles. The van der Waals surface area contributed by atoms with Gasteiger partial charge >= 0.3 is 0 Å². The Morgan fingerprint density at radius 2 is 1.90 bits per heavy atom. The number of ketones is 1. The zero-order valence-corrected chi connectivity index (χ0v) is 17.7. The van der Waals surface area contributed by atoms with Gasteiger partial charge in [-0.3, -0.25) is 14.4 Å². The molecule has 0 aliphatic carbocycles. The lowest BCUT2D eigenvalue weighted by Gasteiger charge is -2.24. The Hall–Kier alpha value is -3.20. The van der Waals surface area contributed by atoms with Crippen molar-refractivity contribution in [1.82, 2.24) is 4.31 Å². The smallest absolute Gasteiger partial charge is 0.267 e. The summed E-state index contributed by atoms with van der Waals surface area (Å²) >= 11 is 0. The van der Waals surface area contributed by atoms with Crippen LogP contribution in [0.4, 0.5) is 5.69 Å². The van der Waals surface area contributed by atoms with Crippen LogP contribution in [-0.4, -0.2) is 43.5 Å². The number of carbonyl (C=O) groups is 3. The molecule has 0 unspecified atom stereocenters. The van der Waals surface area contributed by atoms with Crippen LogP contribution in [0.5, 0.6) is 5.75 Å². The first-order valence-corrected chi connectivity index (χ1v) is 10.7. The van der Waals surface area contributed by atoms with Gasteiger partial charge in [0.1, 0.15) is 11.8 Å². The molecule has 2 amide bonds. The highest BCUT2D eigenvalue weighted by Gasteiger charge is 2.44. The molecule has 1 saturated heterocycles. The number of Topliss-reactive ketones (excluding diaryl/α,β-unsaturated/α-hetero) is 1. The zero-order valence-electron chi connectivity index (χ0n) is 16.8. The molecule has 30 heavy (non-hydrogen) atoms. The van der Waals surface area contributed by atoms with Gasteiger partial charge in [0, 0.05) is 17.7 Å². The van der Waals surface area contributed by atoms with Gasteiger partial charge in [-0.2, -0.15) is 0 Å². The first-order chi connectivity index (χ1) is 14.1. The van der Waals surface area contributed by atoms with Crippen LogP contribution in [0, 0.1) is 6.92 Å². The molecule has 8 nitrogen and oxygen atoms in total. The summed E-state index contributed by atoms with van der Waals surface area (Å²) < 4.78 is 32.1. The average Bonchev–Trinajstić information content (AvgIpc) is 3.10. The quantitative estimate of drug-likeness (QED) is 0.705. The molecule has 0 radical (unpaired) electrons. The van der Waals surface area contributed by atoms with Crippen LogP contribution in [0.15, 0.2) is 47.4 Å². The fraction of sp³-hybridized carbons (Fsp3) is 0.286. The fourth-order valence-corrected chi connectivity index (χ4v) is 5.06. The molecule has 3 rings (SSSR count). The number of hydrogen-bond donors (Lipinski definition) is 1. The summed E-state index contributed by atoms with van der Waals surface area (Å²) in [7, 11) is -2.76. The minimum absolute atomic E-state index is 0.0556. The Morgan fingerprint density at radius 1 is 1.17 bits per heavy atom. The summed E-state index contributed by atoms with van der Waals surface area (Å²) in [6.07, 6.45) is 0.0192. The van der Waals surface area contributed by atoms with Gasteiger partial charge in [0.2, 0.25) is 11.8 Å². The Morgan fingerprint density at radius 3 is 2.53 bits per heavy atom. The molecule has 0 spiro atoms. The predicted octanol–water partition coefficient (Wildman–Crippen LogP) is 2.52. The Bertz CT molecular complexity index is 1130. The normalized spacial score (nSPS) is 16.4. The Labute approximate surface area is 174 Å². The molecule has 9 heteroatoms. The van der Waals surface area contributed by atoms with Crippen LogP contribution in [0.3, 0.4) is 0 Å². The van der Waals surface area contributed by atoms with E-state index in [1.54, 1.807) is 25.1 Å².